The van der Waals surface area contributed by atoms with Crippen LogP contribution in [0, 0.1) is 0 Å². The number of hydrogen-bond acceptors (Lipinski definition) is 4. The van der Waals surface area contributed by atoms with Gasteiger partial charge >= 0.3 is 0 Å². The Bertz CT molecular complexity index is 1150. The van der Waals surface area contributed by atoms with Gasteiger partial charge in [0.25, 0.3) is 0 Å². The Kier molecular flexibility index (Phi) is 6.43. The van der Waals surface area contributed by atoms with Crippen molar-refractivity contribution < 1.29 is 18.0 Å². The molecule has 1 N–H and O–H groups in total. The second-order valence-electron chi connectivity index (χ2n) is 8.13. The molecule has 0 spiro atoms. The highest BCUT2D eigenvalue weighted by Gasteiger charge is 2.29. The minimum Gasteiger partial charge on any atom is -0.326 e. The number of piperidine rings is 1. The predicted molar refractivity (Wildman–Crippen MR) is 123 cm³/mol. The number of nitrogens with one attached hydrogen (secondary N) is 1. The monoisotopic (exact) mass is 453 g/mol. The normalized spacial score (nSPS) is 18.8. The van der Waals surface area contributed by atoms with Gasteiger partial charge in [0.15, 0.2) is 0 Å². The predicted octanol–water partition coefficient (Wildman–Crippen LogP) is 3.76. The Balaban J connectivity index is 1.51. The number of amides is 2. The first-order valence-corrected chi connectivity index (χ1v) is 12.3. The standard InChI is InChI=1S/C24H27N3O4S/c1-18(28)27-15-12-19-8-3-4-11-22(19)23(27)17-24(29)25-20-9-7-10-21(16-20)32(30,31)26-13-5-2-6-14-26/h3-4,7-12,15-16,23H,2,5-6,13-14,17H2,1H3,(H,25,29). The third-order valence-corrected chi connectivity index (χ3v) is 7.81. The van der Waals surface area contributed by atoms with Crippen molar-refractivity contribution in [1.82, 2.24) is 9.21 Å². The number of benzene rings is 2. The van der Waals surface area contributed by atoms with Crippen molar-refractivity contribution in [2.45, 2.75) is 43.5 Å². The van der Waals surface area contributed by atoms with Gasteiger partial charge in [-0.1, -0.05) is 36.8 Å². The van der Waals surface area contributed by atoms with Crippen molar-refractivity contribution in [2.75, 3.05) is 18.4 Å². The molecule has 0 radical (unpaired) electrons. The number of carbonyl (C=O) groups excluding carboxylic acids is 2. The summed E-state index contributed by atoms with van der Waals surface area (Å²) in [6.45, 7) is 2.51. The molecule has 1 fully saturated rings. The molecule has 2 aromatic carbocycles. The lowest BCUT2D eigenvalue weighted by Gasteiger charge is -2.32. The van der Waals surface area contributed by atoms with Gasteiger partial charge in [-0.25, -0.2) is 8.42 Å². The van der Waals surface area contributed by atoms with E-state index in [-0.39, 0.29) is 23.1 Å². The molecule has 2 aliphatic heterocycles. The van der Waals surface area contributed by atoms with Crippen molar-refractivity contribution in [3.63, 3.8) is 0 Å². The SMILES string of the molecule is CC(=O)N1C=Cc2ccccc2C1CC(=O)Nc1cccc(S(=O)(=O)N2CCCCC2)c1. The Morgan fingerprint density at radius 1 is 1.03 bits per heavy atom. The first kappa shape index (κ1) is 22.2. The maximum Gasteiger partial charge on any atom is 0.243 e. The van der Waals surface area contributed by atoms with Crippen molar-refractivity contribution in [2.24, 2.45) is 0 Å². The average Bonchev–Trinajstić information content (AvgIpc) is 2.80. The summed E-state index contributed by atoms with van der Waals surface area (Å²) in [6.07, 6.45) is 6.39. The van der Waals surface area contributed by atoms with Crippen LogP contribution < -0.4 is 5.32 Å². The molecule has 2 aromatic rings. The Morgan fingerprint density at radius 2 is 1.78 bits per heavy atom. The van der Waals surface area contributed by atoms with Gasteiger partial charge in [-0.3, -0.25) is 9.59 Å². The van der Waals surface area contributed by atoms with Crippen LogP contribution in [0.15, 0.2) is 59.6 Å². The topological polar surface area (TPSA) is 86.8 Å². The van der Waals surface area contributed by atoms with E-state index in [1.807, 2.05) is 30.3 Å². The molecule has 1 saturated heterocycles. The van der Waals surface area contributed by atoms with E-state index < -0.39 is 16.1 Å². The number of carbonyl (C=O) groups is 2. The minimum atomic E-state index is -3.59. The molecular weight excluding hydrogens is 426 g/mol. The van der Waals surface area contributed by atoms with Crippen LogP contribution in [0.1, 0.15) is 49.8 Å². The molecule has 168 valence electrons. The summed E-state index contributed by atoms with van der Waals surface area (Å²) >= 11 is 0. The molecule has 8 heteroatoms. The summed E-state index contributed by atoms with van der Waals surface area (Å²) < 4.78 is 27.4. The second kappa shape index (κ2) is 9.26. The van der Waals surface area contributed by atoms with Crippen molar-refractivity contribution in [1.29, 1.82) is 0 Å². The minimum absolute atomic E-state index is 0.0596. The van der Waals surface area contributed by atoms with Crippen LogP contribution in [0.4, 0.5) is 5.69 Å². The van der Waals surface area contributed by atoms with Crippen LogP contribution in [0.5, 0.6) is 0 Å². The van der Waals surface area contributed by atoms with Gasteiger partial charge in [0, 0.05) is 31.9 Å². The molecule has 1 atom stereocenters. The number of hydrogen-bond donors (Lipinski definition) is 1. The van der Waals surface area contributed by atoms with Crippen LogP contribution in [0.25, 0.3) is 6.08 Å². The zero-order chi connectivity index (χ0) is 22.7. The fraction of sp³-hybridized carbons (Fsp3) is 0.333. The molecule has 32 heavy (non-hydrogen) atoms. The molecule has 0 aromatic heterocycles. The van der Waals surface area contributed by atoms with E-state index in [2.05, 4.69) is 5.32 Å². The second-order valence-corrected chi connectivity index (χ2v) is 10.1. The molecule has 0 bridgehead atoms. The lowest BCUT2D eigenvalue weighted by atomic mass is 9.93. The third-order valence-electron chi connectivity index (χ3n) is 5.92. The molecular formula is C24H27N3O4S. The lowest BCUT2D eigenvalue weighted by molar-refractivity contribution is -0.129. The van der Waals surface area contributed by atoms with Crippen LogP contribution in [0.3, 0.4) is 0 Å². The quantitative estimate of drug-likeness (QED) is 0.747. The van der Waals surface area contributed by atoms with Gasteiger partial charge in [-0.15, -0.1) is 0 Å². The maximum absolute atomic E-state index is 13.0. The first-order valence-electron chi connectivity index (χ1n) is 10.8. The molecule has 1 unspecified atom stereocenters. The largest absolute Gasteiger partial charge is 0.326 e. The smallest absolute Gasteiger partial charge is 0.243 e. The highest BCUT2D eigenvalue weighted by Crippen LogP contribution is 2.33. The van der Waals surface area contributed by atoms with Gasteiger partial charge in [0.05, 0.1) is 17.4 Å². The first-order chi connectivity index (χ1) is 15.4. The molecule has 2 aliphatic rings. The number of rotatable bonds is 5. The summed E-state index contributed by atoms with van der Waals surface area (Å²) in [5, 5.41) is 2.81. The van der Waals surface area contributed by atoms with Crippen molar-refractivity contribution in [3.8, 4) is 0 Å². The summed E-state index contributed by atoms with van der Waals surface area (Å²) in [5.41, 5.74) is 2.29. The van der Waals surface area contributed by atoms with Gasteiger partial charge < -0.3 is 10.2 Å². The van der Waals surface area contributed by atoms with E-state index in [0.29, 0.717) is 18.8 Å². The van der Waals surface area contributed by atoms with E-state index in [4.69, 9.17) is 0 Å². The van der Waals surface area contributed by atoms with Crippen LogP contribution >= 0.6 is 0 Å². The van der Waals surface area contributed by atoms with Gasteiger partial charge in [0.1, 0.15) is 0 Å². The Morgan fingerprint density at radius 3 is 2.53 bits per heavy atom. The van der Waals surface area contributed by atoms with Gasteiger partial charge in [-0.2, -0.15) is 4.31 Å². The van der Waals surface area contributed by atoms with Crippen molar-refractivity contribution >= 4 is 33.6 Å². The van der Waals surface area contributed by atoms with Crippen LogP contribution in [-0.4, -0.2) is 42.5 Å². The summed E-state index contributed by atoms with van der Waals surface area (Å²) in [7, 11) is -3.59. The van der Waals surface area contributed by atoms with Gasteiger partial charge in [-0.05, 0) is 48.2 Å². The summed E-state index contributed by atoms with van der Waals surface area (Å²) in [6, 6.07) is 13.6. The van der Waals surface area contributed by atoms with E-state index in [1.165, 1.54) is 17.3 Å². The van der Waals surface area contributed by atoms with E-state index in [9.17, 15) is 18.0 Å². The van der Waals surface area contributed by atoms with Crippen LogP contribution in [-0.2, 0) is 19.6 Å². The molecule has 0 saturated carbocycles. The molecule has 7 nitrogen and oxygen atoms in total. The Hall–Kier alpha value is -2.97. The average molecular weight is 454 g/mol. The van der Waals surface area contributed by atoms with E-state index >= 15 is 0 Å². The molecule has 2 amide bonds. The summed E-state index contributed by atoms with van der Waals surface area (Å²) in [5.74, 6) is -0.443. The van der Waals surface area contributed by atoms with Crippen LogP contribution in [0.2, 0.25) is 0 Å². The highest BCUT2D eigenvalue weighted by atomic mass is 32.2. The van der Waals surface area contributed by atoms with E-state index in [0.717, 1.165) is 30.4 Å². The number of fused-ring (bicyclic) bond motifs is 1. The van der Waals surface area contributed by atoms with E-state index in [1.54, 1.807) is 29.3 Å². The molecule has 4 rings (SSSR count). The fourth-order valence-corrected chi connectivity index (χ4v) is 5.85. The zero-order valence-corrected chi connectivity index (χ0v) is 18.8. The third kappa shape index (κ3) is 4.61. The van der Waals surface area contributed by atoms with Gasteiger partial charge in [0.2, 0.25) is 21.8 Å². The Labute approximate surface area is 188 Å². The van der Waals surface area contributed by atoms with Crippen molar-refractivity contribution in [3.05, 3.63) is 65.9 Å². The maximum atomic E-state index is 13.0. The number of anilines is 1. The number of nitrogens with zero attached hydrogens (tertiary/aromatic N) is 2. The number of sulfonamides is 1. The summed E-state index contributed by atoms with van der Waals surface area (Å²) in [4.78, 5) is 26.8. The highest BCUT2D eigenvalue weighted by molar-refractivity contribution is 7.89. The molecule has 0 aliphatic carbocycles. The molecule has 2 heterocycles. The lowest BCUT2D eigenvalue weighted by Crippen LogP contribution is -2.35. The zero-order valence-electron chi connectivity index (χ0n) is 18.0. The fourth-order valence-electron chi connectivity index (χ4n) is 4.29.